The standard InChI is InChI=1S/C36H48N8O4S/c1-35(2,3)47-34(45)44-14-12-42(13-15-44)27-21-24(20-26(22-27)41-10-7-25(8-11-41)43-16-18-46-19-17-43)32-39-33(48-40-32)36(4)9-5-6-29-30(36)28(23-37)31(38)49-29/h20-22,25H,5-19,38H2,1-4H3. The van der Waals surface area contributed by atoms with E-state index in [1.807, 2.05) is 20.8 Å². The number of morpholine rings is 1. The van der Waals surface area contributed by atoms with E-state index >= 15 is 0 Å². The summed E-state index contributed by atoms with van der Waals surface area (Å²) in [6, 6.07) is 9.51. The number of nitrogens with two attached hydrogens (primary N) is 1. The van der Waals surface area contributed by atoms with Crippen molar-refractivity contribution < 1.29 is 18.8 Å². The van der Waals surface area contributed by atoms with E-state index < -0.39 is 11.0 Å². The third-order valence-electron chi connectivity index (χ3n) is 10.5. The van der Waals surface area contributed by atoms with Gasteiger partial charge in [0.25, 0.3) is 0 Å². The van der Waals surface area contributed by atoms with Crippen LogP contribution in [0.3, 0.4) is 0 Å². The van der Waals surface area contributed by atoms with E-state index in [4.69, 9.17) is 24.7 Å². The Kier molecular flexibility index (Phi) is 9.23. The van der Waals surface area contributed by atoms with E-state index in [9.17, 15) is 10.1 Å². The summed E-state index contributed by atoms with van der Waals surface area (Å²) in [6.07, 6.45) is 4.60. The lowest BCUT2D eigenvalue weighted by molar-refractivity contribution is 0.0115. The van der Waals surface area contributed by atoms with Crippen LogP contribution < -0.4 is 15.5 Å². The van der Waals surface area contributed by atoms with Crippen molar-refractivity contribution in [3.05, 3.63) is 40.1 Å². The van der Waals surface area contributed by atoms with E-state index in [2.05, 4.69) is 51.0 Å². The van der Waals surface area contributed by atoms with Gasteiger partial charge in [0.15, 0.2) is 0 Å². The van der Waals surface area contributed by atoms with Crippen molar-refractivity contribution in [3.63, 3.8) is 0 Å². The van der Waals surface area contributed by atoms with Crippen molar-refractivity contribution in [2.75, 3.05) is 81.1 Å². The lowest BCUT2D eigenvalue weighted by Crippen LogP contribution is -2.50. The molecule has 2 aromatic heterocycles. The highest BCUT2D eigenvalue weighted by atomic mass is 32.1. The van der Waals surface area contributed by atoms with Gasteiger partial charge in [-0.2, -0.15) is 10.2 Å². The van der Waals surface area contributed by atoms with Crippen LogP contribution in [0, 0.1) is 11.3 Å². The van der Waals surface area contributed by atoms with Gasteiger partial charge in [-0.25, -0.2) is 4.79 Å². The number of piperazine rings is 1. The van der Waals surface area contributed by atoms with Crippen LogP contribution in [0.15, 0.2) is 22.7 Å². The van der Waals surface area contributed by atoms with Crippen molar-refractivity contribution in [2.45, 2.75) is 76.9 Å². The molecule has 0 bridgehead atoms. The second-order valence-electron chi connectivity index (χ2n) is 14.9. The number of nitrogen functional groups attached to an aromatic ring is 1. The molecule has 1 unspecified atom stereocenters. The Morgan fingerprint density at radius 3 is 2.37 bits per heavy atom. The van der Waals surface area contributed by atoms with Crippen LogP contribution in [0.5, 0.6) is 0 Å². The van der Waals surface area contributed by atoms with Gasteiger partial charge in [0.05, 0.1) is 24.2 Å². The fourth-order valence-corrected chi connectivity index (χ4v) is 9.06. The summed E-state index contributed by atoms with van der Waals surface area (Å²) in [5, 5.41) is 15.1. The van der Waals surface area contributed by atoms with Gasteiger partial charge in [-0.05, 0) is 78.0 Å². The molecule has 3 aliphatic heterocycles. The maximum absolute atomic E-state index is 12.8. The number of ether oxygens (including phenoxy) is 2. The number of hydrogen-bond acceptors (Lipinski definition) is 12. The van der Waals surface area contributed by atoms with Gasteiger partial charge in [-0.3, -0.25) is 4.90 Å². The Balaban J connectivity index is 1.17. The maximum Gasteiger partial charge on any atom is 0.410 e. The summed E-state index contributed by atoms with van der Waals surface area (Å²) in [5.74, 6) is 1.05. The number of amides is 1. The van der Waals surface area contributed by atoms with Gasteiger partial charge >= 0.3 is 6.09 Å². The van der Waals surface area contributed by atoms with E-state index in [0.29, 0.717) is 54.5 Å². The topological polar surface area (TPSA) is 137 Å². The molecule has 2 N–H and O–H groups in total. The second-order valence-corrected chi connectivity index (χ2v) is 16.1. The molecular formula is C36H48N8O4S. The highest BCUT2D eigenvalue weighted by Crippen LogP contribution is 2.48. The quantitative estimate of drug-likeness (QED) is 0.376. The van der Waals surface area contributed by atoms with Crippen LogP contribution in [-0.4, -0.2) is 103 Å². The first-order valence-corrected chi connectivity index (χ1v) is 18.4. The van der Waals surface area contributed by atoms with Crippen LogP contribution in [-0.2, 0) is 21.3 Å². The van der Waals surface area contributed by atoms with Gasteiger partial charge in [-0.1, -0.05) is 5.16 Å². The van der Waals surface area contributed by atoms with Gasteiger partial charge in [0.1, 0.15) is 16.7 Å². The molecule has 13 heteroatoms. The van der Waals surface area contributed by atoms with Crippen LogP contribution >= 0.6 is 11.3 Å². The first-order valence-electron chi connectivity index (χ1n) is 17.6. The fraction of sp³-hybridized carbons (Fsp3) is 0.611. The Morgan fingerprint density at radius 1 is 1.04 bits per heavy atom. The van der Waals surface area contributed by atoms with Gasteiger partial charge in [0.2, 0.25) is 11.7 Å². The van der Waals surface area contributed by atoms with Gasteiger partial charge < -0.3 is 34.4 Å². The molecular weight excluding hydrogens is 641 g/mol. The number of nitrogens with zero attached hydrogens (tertiary/aromatic N) is 7. The smallest absolute Gasteiger partial charge is 0.410 e. The summed E-state index contributed by atoms with van der Waals surface area (Å²) in [6.45, 7) is 15.9. The van der Waals surface area contributed by atoms with Crippen LogP contribution in [0.1, 0.15) is 75.3 Å². The Bertz CT molecular complexity index is 1700. The first-order chi connectivity index (χ1) is 23.5. The van der Waals surface area contributed by atoms with Crippen molar-refractivity contribution in [2.24, 2.45) is 0 Å². The summed E-state index contributed by atoms with van der Waals surface area (Å²) in [7, 11) is 0. The predicted octanol–water partition coefficient (Wildman–Crippen LogP) is 5.25. The Labute approximate surface area is 292 Å². The lowest BCUT2D eigenvalue weighted by atomic mass is 9.72. The molecule has 3 saturated heterocycles. The zero-order valence-electron chi connectivity index (χ0n) is 29.2. The third-order valence-corrected chi connectivity index (χ3v) is 11.6. The number of fused-ring (bicyclic) bond motifs is 1. The Hall–Kier alpha value is -3.86. The molecule has 3 aromatic rings. The zero-order chi connectivity index (χ0) is 34.3. The molecule has 7 rings (SSSR count). The van der Waals surface area contributed by atoms with Crippen molar-refractivity contribution in [1.82, 2.24) is 19.9 Å². The van der Waals surface area contributed by atoms with E-state index in [-0.39, 0.29) is 6.09 Å². The summed E-state index contributed by atoms with van der Waals surface area (Å²) >= 11 is 1.50. The molecule has 5 heterocycles. The predicted molar refractivity (Wildman–Crippen MR) is 190 cm³/mol. The monoisotopic (exact) mass is 688 g/mol. The first kappa shape index (κ1) is 33.6. The average Bonchev–Trinajstić information content (AvgIpc) is 3.74. The molecule has 0 saturated carbocycles. The second kappa shape index (κ2) is 13.5. The molecule has 0 radical (unpaired) electrons. The molecule has 4 aliphatic rings. The van der Waals surface area contributed by atoms with E-state index in [1.165, 1.54) is 11.3 Å². The lowest BCUT2D eigenvalue weighted by Gasteiger charge is -2.41. The molecule has 0 spiro atoms. The highest BCUT2D eigenvalue weighted by Gasteiger charge is 2.43. The number of hydrogen-bond donors (Lipinski definition) is 1. The zero-order valence-corrected chi connectivity index (χ0v) is 30.0. The minimum Gasteiger partial charge on any atom is -0.444 e. The largest absolute Gasteiger partial charge is 0.444 e. The number of carbonyl (C=O) groups is 1. The number of aryl methyl sites for hydroxylation is 1. The normalized spacial score (nSPS) is 22.6. The molecule has 1 aliphatic carbocycles. The maximum atomic E-state index is 12.8. The highest BCUT2D eigenvalue weighted by molar-refractivity contribution is 7.16. The van der Waals surface area contributed by atoms with E-state index in [1.54, 1.807) is 4.90 Å². The third kappa shape index (κ3) is 6.83. The molecule has 1 aromatic carbocycles. The number of piperidine rings is 1. The molecule has 12 nitrogen and oxygen atoms in total. The summed E-state index contributed by atoms with van der Waals surface area (Å²) in [5.41, 5.74) is 9.75. The minimum atomic E-state index is -0.585. The Morgan fingerprint density at radius 2 is 1.71 bits per heavy atom. The fourth-order valence-electron chi connectivity index (χ4n) is 7.87. The van der Waals surface area contributed by atoms with Crippen LogP contribution in [0.4, 0.5) is 21.2 Å². The molecule has 49 heavy (non-hydrogen) atoms. The summed E-state index contributed by atoms with van der Waals surface area (Å²) in [4.78, 5) is 28.1. The van der Waals surface area contributed by atoms with Crippen molar-refractivity contribution in [3.8, 4) is 17.5 Å². The number of aromatic nitrogens is 2. The average molecular weight is 689 g/mol. The van der Waals surface area contributed by atoms with Crippen molar-refractivity contribution >= 4 is 33.8 Å². The van der Waals surface area contributed by atoms with Crippen molar-refractivity contribution in [1.29, 1.82) is 5.26 Å². The SMILES string of the molecule is CC(C)(C)OC(=O)N1CCN(c2cc(-c3noc(C4(C)CCCc5sc(N)c(C#N)c54)n3)cc(N3CCC(N4CCOCC4)CC3)c2)CC1. The number of thiophene rings is 1. The molecule has 262 valence electrons. The summed E-state index contributed by atoms with van der Waals surface area (Å²) < 4.78 is 17.3. The molecule has 3 fully saturated rings. The number of carbonyl (C=O) groups excluding carboxylic acids is 1. The van der Waals surface area contributed by atoms with Crippen LogP contribution in [0.2, 0.25) is 0 Å². The van der Waals surface area contributed by atoms with E-state index in [0.717, 1.165) is 98.9 Å². The van der Waals surface area contributed by atoms with Crippen LogP contribution in [0.25, 0.3) is 11.4 Å². The molecule has 1 amide bonds. The van der Waals surface area contributed by atoms with Gasteiger partial charge in [-0.15, -0.1) is 11.3 Å². The number of nitriles is 1. The number of anilines is 3. The molecule has 1 atom stereocenters. The number of rotatable bonds is 5. The van der Waals surface area contributed by atoms with Gasteiger partial charge in [0, 0.05) is 85.8 Å². The minimum absolute atomic E-state index is 0.268. The number of benzene rings is 1.